The Labute approximate surface area is 169 Å². The average molecular weight is 412 g/mol. The summed E-state index contributed by atoms with van der Waals surface area (Å²) in [5, 5.41) is 1.00. The Hall–Kier alpha value is -1.79. The second-order valence-electron chi connectivity index (χ2n) is 7.72. The molecule has 0 bridgehead atoms. The van der Waals surface area contributed by atoms with E-state index >= 15 is 0 Å². The number of imide groups is 1. The van der Waals surface area contributed by atoms with E-state index in [4.69, 9.17) is 23.2 Å². The van der Waals surface area contributed by atoms with E-state index in [1.807, 2.05) is 12.1 Å². The van der Waals surface area contributed by atoms with Gasteiger partial charge in [0.25, 0.3) is 0 Å². The zero-order valence-corrected chi connectivity index (χ0v) is 17.2. The van der Waals surface area contributed by atoms with Crippen LogP contribution in [0, 0.1) is 5.41 Å². The maximum atomic E-state index is 12.9. The molecule has 2 fully saturated rings. The van der Waals surface area contributed by atoms with E-state index in [1.165, 1.54) is 0 Å². The van der Waals surface area contributed by atoms with E-state index in [9.17, 15) is 14.4 Å². The number of halogens is 2. The number of piperazine rings is 1. The van der Waals surface area contributed by atoms with Gasteiger partial charge in [-0.25, -0.2) is 0 Å². The number of rotatable bonds is 3. The van der Waals surface area contributed by atoms with Crippen molar-refractivity contribution in [2.75, 3.05) is 31.1 Å². The van der Waals surface area contributed by atoms with Crippen LogP contribution < -0.4 is 4.90 Å². The molecule has 3 rings (SSSR count). The van der Waals surface area contributed by atoms with Gasteiger partial charge in [0.2, 0.25) is 17.7 Å². The lowest BCUT2D eigenvalue weighted by molar-refractivity contribution is -0.151. The molecule has 3 amide bonds. The third-order valence-corrected chi connectivity index (χ3v) is 6.00. The number of carbonyl (C=O) groups is 3. The van der Waals surface area contributed by atoms with Crippen LogP contribution in [-0.4, -0.2) is 59.7 Å². The zero-order valence-electron chi connectivity index (χ0n) is 15.7. The first-order valence-corrected chi connectivity index (χ1v) is 9.72. The van der Waals surface area contributed by atoms with Gasteiger partial charge in [-0.2, -0.15) is 0 Å². The Bertz CT molecular complexity index is 788. The highest BCUT2D eigenvalue weighted by atomic mass is 35.5. The number of hydrogen-bond donors (Lipinski definition) is 0. The molecule has 27 heavy (non-hydrogen) atoms. The lowest BCUT2D eigenvalue weighted by atomic mass is 9.92. The second-order valence-corrected chi connectivity index (χ2v) is 8.53. The number of hydrogen-bond acceptors (Lipinski definition) is 4. The van der Waals surface area contributed by atoms with Gasteiger partial charge in [0.05, 0.1) is 15.5 Å². The number of anilines is 1. The molecular weight excluding hydrogens is 389 g/mol. The maximum Gasteiger partial charge on any atom is 0.245 e. The Balaban J connectivity index is 1.64. The van der Waals surface area contributed by atoms with Crippen molar-refractivity contribution >= 4 is 46.6 Å². The first-order chi connectivity index (χ1) is 12.6. The third-order valence-electron chi connectivity index (χ3n) is 5.26. The van der Waals surface area contributed by atoms with Crippen LogP contribution in [0.25, 0.3) is 0 Å². The molecule has 8 heteroatoms. The van der Waals surface area contributed by atoms with E-state index in [1.54, 1.807) is 31.7 Å². The number of nitrogens with zero attached hydrogens (tertiary/aromatic N) is 3. The van der Waals surface area contributed by atoms with Crippen LogP contribution in [0.5, 0.6) is 0 Å². The Morgan fingerprint density at radius 2 is 1.70 bits per heavy atom. The quantitative estimate of drug-likeness (QED) is 0.717. The van der Waals surface area contributed by atoms with Gasteiger partial charge in [0.1, 0.15) is 6.04 Å². The first-order valence-electron chi connectivity index (χ1n) is 8.97. The van der Waals surface area contributed by atoms with Crippen LogP contribution >= 0.6 is 23.2 Å². The predicted molar refractivity (Wildman–Crippen MR) is 105 cm³/mol. The summed E-state index contributed by atoms with van der Waals surface area (Å²) in [5.74, 6) is -0.744. The van der Waals surface area contributed by atoms with E-state index in [-0.39, 0.29) is 24.1 Å². The van der Waals surface area contributed by atoms with Crippen LogP contribution in [0.4, 0.5) is 5.69 Å². The molecular formula is C19H23Cl2N3O3. The van der Waals surface area contributed by atoms with E-state index in [0.717, 1.165) is 10.6 Å². The topological polar surface area (TPSA) is 60.9 Å². The van der Waals surface area contributed by atoms with Crippen LogP contribution in [0.3, 0.4) is 0 Å². The SMILES string of the molecule is CC(C(=O)N1CCN(c2ccc(Cl)c(Cl)c2)CC1)N1C(=O)CC(C)(C)C1=O. The minimum Gasteiger partial charge on any atom is -0.368 e. The average Bonchev–Trinajstić information content (AvgIpc) is 2.83. The van der Waals surface area contributed by atoms with E-state index < -0.39 is 11.5 Å². The molecule has 1 aromatic carbocycles. The molecule has 0 saturated carbocycles. The van der Waals surface area contributed by atoms with Gasteiger partial charge in [0, 0.05) is 38.3 Å². The smallest absolute Gasteiger partial charge is 0.245 e. The molecule has 2 aliphatic rings. The van der Waals surface area contributed by atoms with Gasteiger partial charge < -0.3 is 9.80 Å². The van der Waals surface area contributed by atoms with Crippen LogP contribution in [-0.2, 0) is 14.4 Å². The highest BCUT2D eigenvalue weighted by Gasteiger charge is 2.48. The van der Waals surface area contributed by atoms with Crippen molar-refractivity contribution in [2.45, 2.75) is 33.2 Å². The fourth-order valence-electron chi connectivity index (χ4n) is 3.61. The summed E-state index contributed by atoms with van der Waals surface area (Å²) < 4.78 is 0. The molecule has 2 saturated heterocycles. The largest absolute Gasteiger partial charge is 0.368 e. The molecule has 0 aromatic heterocycles. The summed E-state index contributed by atoms with van der Waals surface area (Å²) in [4.78, 5) is 42.5. The summed E-state index contributed by atoms with van der Waals surface area (Å²) in [7, 11) is 0. The standard InChI is InChI=1S/C19H23Cl2N3O3/c1-12(24-16(25)11-19(2,3)18(24)27)17(26)23-8-6-22(7-9-23)13-4-5-14(20)15(21)10-13/h4-5,10,12H,6-9,11H2,1-3H3. The van der Waals surface area contributed by atoms with Crippen molar-refractivity contribution in [3.05, 3.63) is 28.2 Å². The Morgan fingerprint density at radius 1 is 1.07 bits per heavy atom. The molecule has 0 aliphatic carbocycles. The number of amides is 3. The van der Waals surface area contributed by atoms with Crippen molar-refractivity contribution in [1.29, 1.82) is 0 Å². The predicted octanol–water partition coefficient (Wildman–Crippen LogP) is 2.82. The van der Waals surface area contributed by atoms with Crippen molar-refractivity contribution < 1.29 is 14.4 Å². The van der Waals surface area contributed by atoms with Gasteiger partial charge in [0.15, 0.2) is 0 Å². The van der Waals surface area contributed by atoms with E-state index in [2.05, 4.69) is 4.90 Å². The van der Waals surface area contributed by atoms with Crippen molar-refractivity contribution in [2.24, 2.45) is 5.41 Å². The highest BCUT2D eigenvalue weighted by Crippen LogP contribution is 2.33. The molecule has 0 spiro atoms. The van der Waals surface area contributed by atoms with Crippen LogP contribution in [0.15, 0.2) is 18.2 Å². The highest BCUT2D eigenvalue weighted by molar-refractivity contribution is 6.42. The molecule has 0 N–H and O–H groups in total. The van der Waals surface area contributed by atoms with Crippen molar-refractivity contribution in [3.63, 3.8) is 0 Å². The van der Waals surface area contributed by atoms with Crippen LogP contribution in [0.1, 0.15) is 27.2 Å². The van der Waals surface area contributed by atoms with Crippen molar-refractivity contribution in [3.8, 4) is 0 Å². The number of benzene rings is 1. The third kappa shape index (κ3) is 3.78. The summed E-state index contributed by atoms with van der Waals surface area (Å²) in [6, 6.07) is 4.69. The zero-order chi connectivity index (χ0) is 19.9. The second kappa shape index (κ2) is 7.32. The first kappa shape index (κ1) is 20.0. The molecule has 0 radical (unpaired) electrons. The minimum atomic E-state index is -0.775. The lowest BCUT2D eigenvalue weighted by Crippen LogP contribution is -2.55. The van der Waals surface area contributed by atoms with Crippen molar-refractivity contribution in [1.82, 2.24) is 9.80 Å². The summed E-state index contributed by atoms with van der Waals surface area (Å²) >= 11 is 12.0. The van der Waals surface area contributed by atoms with Gasteiger partial charge in [-0.1, -0.05) is 37.0 Å². The summed E-state index contributed by atoms with van der Waals surface area (Å²) in [6.45, 7) is 7.42. The van der Waals surface area contributed by atoms with E-state index in [0.29, 0.717) is 36.2 Å². The monoisotopic (exact) mass is 411 g/mol. The Morgan fingerprint density at radius 3 is 2.22 bits per heavy atom. The van der Waals surface area contributed by atoms with Gasteiger partial charge >= 0.3 is 0 Å². The normalized spacial score (nSPS) is 21.0. The van der Waals surface area contributed by atoms with Gasteiger partial charge in [-0.3, -0.25) is 19.3 Å². The minimum absolute atomic E-state index is 0.147. The Kier molecular flexibility index (Phi) is 5.41. The maximum absolute atomic E-state index is 12.9. The fourth-order valence-corrected chi connectivity index (χ4v) is 3.90. The number of carbonyl (C=O) groups excluding carboxylic acids is 3. The van der Waals surface area contributed by atoms with Crippen LogP contribution in [0.2, 0.25) is 10.0 Å². The number of likely N-dealkylation sites (tertiary alicyclic amines) is 1. The fraction of sp³-hybridized carbons (Fsp3) is 0.526. The van der Waals surface area contributed by atoms with Gasteiger partial charge in [-0.15, -0.1) is 0 Å². The summed E-state index contributed by atoms with van der Waals surface area (Å²) in [5.41, 5.74) is 0.217. The lowest BCUT2D eigenvalue weighted by Gasteiger charge is -2.38. The molecule has 1 aromatic rings. The molecule has 2 heterocycles. The molecule has 2 aliphatic heterocycles. The molecule has 146 valence electrons. The molecule has 6 nitrogen and oxygen atoms in total. The molecule has 1 unspecified atom stereocenters. The van der Waals surface area contributed by atoms with Gasteiger partial charge in [-0.05, 0) is 25.1 Å². The summed E-state index contributed by atoms with van der Waals surface area (Å²) in [6.07, 6.45) is 0.147. The molecule has 1 atom stereocenters.